The summed E-state index contributed by atoms with van der Waals surface area (Å²) in [7, 11) is 0. The standard InChI is InChI=1S/C27H26Cl3N3O4/c1-27(9-5-2-6-10-27)23(25(35)36)33-24(34)18-11-15-7-3-4-8-16(15)12-21(18)31-26(37)32-22-19(29)13-17(28)14-20(22)30/h3-4,7-8,11-14,23H,2,5-6,9-10H2,1H3,(H,33,34)(H,35,36)(H2,31,32,37)/t23-/m1/s1. The largest absolute Gasteiger partial charge is 0.480 e. The van der Waals surface area contributed by atoms with Crippen molar-refractivity contribution in [3.05, 3.63) is 69.2 Å². The first-order valence-electron chi connectivity index (χ1n) is 11.9. The Hall–Kier alpha value is -3.00. The van der Waals surface area contributed by atoms with Gasteiger partial charge in [0.05, 0.1) is 27.0 Å². The van der Waals surface area contributed by atoms with Crippen LogP contribution in [0.5, 0.6) is 0 Å². The molecule has 0 saturated heterocycles. The van der Waals surface area contributed by atoms with Crippen LogP contribution in [-0.2, 0) is 4.79 Å². The van der Waals surface area contributed by atoms with Crippen LogP contribution in [0.4, 0.5) is 16.2 Å². The molecule has 194 valence electrons. The van der Waals surface area contributed by atoms with Crippen LogP contribution in [0.25, 0.3) is 10.8 Å². The van der Waals surface area contributed by atoms with E-state index in [9.17, 15) is 19.5 Å². The predicted molar refractivity (Wildman–Crippen MR) is 148 cm³/mol. The number of carbonyl (C=O) groups is 3. The van der Waals surface area contributed by atoms with E-state index < -0.39 is 29.4 Å². The Balaban J connectivity index is 1.65. The second-order valence-electron chi connectivity index (χ2n) is 9.53. The zero-order chi connectivity index (χ0) is 26.7. The normalized spacial score (nSPS) is 15.6. The molecule has 1 atom stereocenters. The molecule has 4 N–H and O–H groups in total. The van der Waals surface area contributed by atoms with E-state index >= 15 is 0 Å². The van der Waals surface area contributed by atoms with Crippen molar-refractivity contribution in [3.63, 3.8) is 0 Å². The van der Waals surface area contributed by atoms with Crippen LogP contribution in [0.2, 0.25) is 15.1 Å². The number of rotatable bonds is 6. The molecule has 3 amide bonds. The van der Waals surface area contributed by atoms with E-state index in [0.717, 1.165) is 30.0 Å². The first-order chi connectivity index (χ1) is 17.6. The van der Waals surface area contributed by atoms with Crippen LogP contribution in [0.15, 0.2) is 48.5 Å². The van der Waals surface area contributed by atoms with Crippen molar-refractivity contribution in [1.29, 1.82) is 0 Å². The van der Waals surface area contributed by atoms with Crippen molar-refractivity contribution in [2.45, 2.75) is 45.1 Å². The highest BCUT2D eigenvalue weighted by molar-refractivity contribution is 6.42. The van der Waals surface area contributed by atoms with Crippen LogP contribution in [0.1, 0.15) is 49.4 Å². The van der Waals surface area contributed by atoms with Crippen molar-refractivity contribution >= 4 is 74.9 Å². The van der Waals surface area contributed by atoms with E-state index in [2.05, 4.69) is 16.0 Å². The highest BCUT2D eigenvalue weighted by atomic mass is 35.5. The Morgan fingerprint density at radius 3 is 2.08 bits per heavy atom. The summed E-state index contributed by atoms with van der Waals surface area (Å²) in [5, 5.41) is 20.1. The van der Waals surface area contributed by atoms with Gasteiger partial charge in [0.2, 0.25) is 0 Å². The monoisotopic (exact) mass is 561 g/mol. The van der Waals surface area contributed by atoms with Gasteiger partial charge in [-0.05, 0) is 53.3 Å². The van der Waals surface area contributed by atoms with Crippen LogP contribution in [0, 0.1) is 5.41 Å². The molecule has 1 aliphatic rings. The molecular weight excluding hydrogens is 537 g/mol. The lowest BCUT2D eigenvalue weighted by Gasteiger charge is -2.38. The third-order valence-electron chi connectivity index (χ3n) is 6.84. The summed E-state index contributed by atoms with van der Waals surface area (Å²) in [6.45, 7) is 1.90. The Bertz CT molecular complexity index is 1350. The number of hydrogen-bond donors (Lipinski definition) is 4. The molecule has 0 heterocycles. The van der Waals surface area contributed by atoms with Crippen LogP contribution >= 0.6 is 34.8 Å². The Morgan fingerprint density at radius 2 is 1.49 bits per heavy atom. The Kier molecular flexibility index (Phi) is 8.17. The minimum Gasteiger partial charge on any atom is -0.480 e. The molecule has 3 aromatic rings. The molecule has 1 saturated carbocycles. The predicted octanol–water partition coefficient (Wildman–Crippen LogP) is 7.60. The van der Waals surface area contributed by atoms with E-state index in [1.165, 1.54) is 12.1 Å². The summed E-state index contributed by atoms with van der Waals surface area (Å²) >= 11 is 18.3. The number of halogens is 3. The van der Waals surface area contributed by atoms with Gasteiger partial charge in [0.25, 0.3) is 5.91 Å². The zero-order valence-electron chi connectivity index (χ0n) is 20.0. The van der Waals surface area contributed by atoms with E-state index in [1.807, 2.05) is 31.2 Å². The van der Waals surface area contributed by atoms with Gasteiger partial charge in [-0.2, -0.15) is 0 Å². The molecular formula is C27H26Cl3N3O4. The van der Waals surface area contributed by atoms with Crippen molar-refractivity contribution in [2.75, 3.05) is 10.6 Å². The third kappa shape index (κ3) is 6.12. The number of carbonyl (C=O) groups excluding carboxylic acids is 2. The number of hydrogen-bond acceptors (Lipinski definition) is 3. The molecule has 4 rings (SSSR count). The van der Waals surface area contributed by atoms with Gasteiger partial charge in [-0.25, -0.2) is 9.59 Å². The van der Waals surface area contributed by atoms with Crippen molar-refractivity contribution in [2.24, 2.45) is 5.41 Å². The van der Waals surface area contributed by atoms with Gasteiger partial charge in [-0.3, -0.25) is 4.79 Å². The fourth-order valence-corrected chi connectivity index (χ4v) is 5.76. The van der Waals surface area contributed by atoms with Gasteiger partial charge in [-0.15, -0.1) is 0 Å². The molecule has 1 fully saturated rings. The van der Waals surface area contributed by atoms with Gasteiger partial charge < -0.3 is 21.1 Å². The highest BCUT2D eigenvalue weighted by Crippen LogP contribution is 2.39. The fourth-order valence-electron chi connectivity index (χ4n) is 4.85. The number of carboxylic acids is 1. The highest BCUT2D eigenvalue weighted by Gasteiger charge is 2.41. The number of nitrogens with one attached hydrogen (secondary N) is 3. The number of amides is 3. The average molecular weight is 563 g/mol. The van der Waals surface area contributed by atoms with Crippen molar-refractivity contribution < 1.29 is 19.5 Å². The number of anilines is 2. The molecule has 0 unspecified atom stereocenters. The maximum Gasteiger partial charge on any atom is 0.326 e. The molecule has 0 spiro atoms. The Labute approximate surface area is 229 Å². The fraction of sp³-hybridized carbons (Fsp3) is 0.296. The summed E-state index contributed by atoms with van der Waals surface area (Å²) in [5.74, 6) is -1.68. The molecule has 7 nitrogen and oxygen atoms in total. The van der Waals surface area contributed by atoms with E-state index in [1.54, 1.807) is 12.1 Å². The number of benzene rings is 3. The SMILES string of the molecule is CC1([C@H](NC(=O)c2cc3ccccc3cc2NC(=O)Nc2c(Cl)cc(Cl)cc2Cl)C(=O)O)CCCCC1. The second-order valence-corrected chi connectivity index (χ2v) is 10.8. The van der Waals surface area contributed by atoms with E-state index in [4.69, 9.17) is 34.8 Å². The van der Waals surface area contributed by atoms with Crippen LogP contribution in [-0.4, -0.2) is 29.1 Å². The number of fused-ring (bicyclic) bond motifs is 1. The summed E-state index contributed by atoms with van der Waals surface area (Å²) in [6.07, 6.45) is 4.28. The molecule has 1 aliphatic carbocycles. The van der Waals surface area contributed by atoms with Crippen LogP contribution < -0.4 is 16.0 Å². The maximum absolute atomic E-state index is 13.5. The van der Waals surface area contributed by atoms with Crippen molar-refractivity contribution in [1.82, 2.24) is 5.32 Å². The number of carboxylic acid groups (broad SMARTS) is 1. The van der Waals surface area contributed by atoms with Crippen molar-refractivity contribution in [3.8, 4) is 0 Å². The van der Waals surface area contributed by atoms with Gasteiger partial charge in [-0.1, -0.05) is 85.3 Å². The molecule has 0 aromatic heterocycles. The minimum atomic E-state index is -1.09. The van der Waals surface area contributed by atoms with Crippen LogP contribution in [0.3, 0.4) is 0 Å². The molecule has 0 aliphatic heterocycles. The lowest BCUT2D eigenvalue weighted by Crippen LogP contribution is -2.52. The van der Waals surface area contributed by atoms with Gasteiger partial charge in [0.1, 0.15) is 6.04 Å². The minimum absolute atomic E-state index is 0.132. The molecule has 3 aromatic carbocycles. The summed E-state index contributed by atoms with van der Waals surface area (Å²) in [4.78, 5) is 38.6. The summed E-state index contributed by atoms with van der Waals surface area (Å²) in [6, 6.07) is 11.8. The smallest absolute Gasteiger partial charge is 0.326 e. The van der Waals surface area contributed by atoms with E-state index in [-0.39, 0.29) is 27.0 Å². The number of urea groups is 1. The first kappa shape index (κ1) is 27.0. The molecule has 10 heteroatoms. The summed E-state index contributed by atoms with van der Waals surface area (Å²) < 4.78 is 0. The van der Waals surface area contributed by atoms with Gasteiger partial charge >= 0.3 is 12.0 Å². The topological polar surface area (TPSA) is 108 Å². The zero-order valence-corrected chi connectivity index (χ0v) is 22.3. The lowest BCUT2D eigenvalue weighted by molar-refractivity contribution is -0.143. The molecule has 0 bridgehead atoms. The lowest BCUT2D eigenvalue weighted by atomic mass is 9.70. The Morgan fingerprint density at radius 1 is 0.892 bits per heavy atom. The van der Waals surface area contributed by atoms with Gasteiger partial charge in [0, 0.05) is 5.02 Å². The third-order valence-corrected chi connectivity index (χ3v) is 7.65. The molecule has 37 heavy (non-hydrogen) atoms. The molecule has 0 radical (unpaired) electrons. The first-order valence-corrected chi connectivity index (χ1v) is 13.0. The number of aliphatic carboxylic acids is 1. The quantitative estimate of drug-likeness (QED) is 0.248. The summed E-state index contributed by atoms with van der Waals surface area (Å²) in [5.41, 5.74) is -0.0715. The van der Waals surface area contributed by atoms with Gasteiger partial charge in [0.15, 0.2) is 0 Å². The van der Waals surface area contributed by atoms with E-state index in [0.29, 0.717) is 17.9 Å². The average Bonchev–Trinajstić information content (AvgIpc) is 2.84. The second kappa shape index (κ2) is 11.2. The maximum atomic E-state index is 13.5.